The molecule has 2 N–H and O–H groups in total. The van der Waals surface area contributed by atoms with Gasteiger partial charge in [0.05, 0.1) is 5.69 Å². The minimum atomic E-state index is 0. The van der Waals surface area contributed by atoms with E-state index in [0.29, 0.717) is 12.2 Å². The molecule has 5 nitrogen and oxygen atoms in total. The third-order valence-corrected chi connectivity index (χ3v) is 5.59. The van der Waals surface area contributed by atoms with Crippen molar-refractivity contribution in [2.75, 3.05) is 13.1 Å². The molecule has 4 rings (SSSR count). The Labute approximate surface area is 162 Å². The highest BCUT2D eigenvalue weighted by Crippen LogP contribution is 2.30. The Morgan fingerprint density at radius 3 is 2.92 bits per heavy atom. The second kappa shape index (κ2) is 7.48. The zero-order chi connectivity index (χ0) is 16.7. The van der Waals surface area contributed by atoms with Gasteiger partial charge in [0, 0.05) is 34.9 Å². The predicted molar refractivity (Wildman–Crippen MR) is 104 cm³/mol. The number of hydrogen-bond acceptors (Lipinski definition) is 3. The fraction of sp³-hybridized carbons (Fsp3) is 0.444. The summed E-state index contributed by atoms with van der Waals surface area (Å²) in [6.45, 7) is 1.32. The number of halogens is 2. The number of benzene rings is 1. The standard InChI is InChI=1S/C18H21BrN4O.ClH/c19-12-4-1-5-13(10-12)23-16-8-2-7-15(16)17(21-23)18(24)22-9-3-6-14(22)11-20;/h1,4-5,10,14H,2-3,6-9,11,20H2;1H. The van der Waals surface area contributed by atoms with Crippen LogP contribution in [-0.2, 0) is 12.8 Å². The van der Waals surface area contributed by atoms with Crippen LogP contribution in [0.4, 0.5) is 0 Å². The number of fused-ring (bicyclic) bond motifs is 1. The van der Waals surface area contributed by atoms with Gasteiger partial charge in [-0.1, -0.05) is 22.0 Å². The van der Waals surface area contributed by atoms with Gasteiger partial charge in [0.2, 0.25) is 0 Å². The lowest BCUT2D eigenvalue weighted by atomic mass is 10.1. The number of carbonyl (C=O) groups is 1. The molecular weight excluding hydrogens is 404 g/mol. The smallest absolute Gasteiger partial charge is 0.274 e. The first kappa shape index (κ1) is 18.4. The monoisotopic (exact) mass is 424 g/mol. The van der Waals surface area contributed by atoms with Crippen molar-refractivity contribution >= 4 is 34.2 Å². The molecule has 1 fully saturated rings. The minimum absolute atomic E-state index is 0. The summed E-state index contributed by atoms with van der Waals surface area (Å²) in [5.74, 6) is 0.0508. The summed E-state index contributed by atoms with van der Waals surface area (Å²) in [5, 5.41) is 4.72. The second-order valence-corrected chi connectivity index (χ2v) is 7.47. The fourth-order valence-corrected chi connectivity index (χ4v) is 4.30. The zero-order valence-corrected chi connectivity index (χ0v) is 16.4. The number of carbonyl (C=O) groups excluding carboxylic acids is 1. The Morgan fingerprint density at radius 2 is 2.16 bits per heavy atom. The van der Waals surface area contributed by atoms with Gasteiger partial charge in [0.15, 0.2) is 5.69 Å². The van der Waals surface area contributed by atoms with Crippen LogP contribution in [0.5, 0.6) is 0 Å². The lowest BCUT2D eigenvalue weighted by Gasteiger charge is -2.22. The molecule has 0 saturated carbocycles. The Hall–Kier alpha value is -1.37. The molecule has 0 spiro atoms. The van der Waals surface area contributed by atoms with E-state index in [0.717, 1.165) is 54.4 Å². The van der Waals surface area contributed by atoms with E-state index >= 15 is 0 Å². The van der Waals surface area contributed by atoms with E-state index in [2.05, 4.69) is 15.9 Å². The second-order valence-electron chi connectivity index (χ2n) is 6.55. The number of aromatic nitrogens is 2. The van der Waals surface area contributed by atoms with E-state index in [1.165, 1.54) is 5.69 Å². The van der Waals surface area contributed by atoms with Crippen molar-refractivity contribution in [3.05, 3.63) is 45.7 Å². The van der Waals surface area contributed by atoms with Crippen molar-refractivity contribution < 1.29 is 4.79 Å². The Balaban J connectivity index is 0.00000182. The summed E-state index contributed by atoms with van der Waals surface area (Å²) < 4.78 is 2.96. The first-order chi connectivity index (χ1) is 11.7. The number of hydrogen-bond donors (Lipinski definition) is 1. The molecule has 1 amide bonds. The number of likely N-dealkylation sites (tertiary alicyclic amines) is 1. The average molecular weight is 426 g/mol. The van der Waals surface area contributed by atoms with Gasteiger partial charge in [-0.3, -0.25) is 4.79 Å². The van der Waals surface area contributed by atoms with Crippen molar-refractivity contribution in [3.8, 4) is 5.69 Å². The molecule has 0 radical (unpaired) electrons. The van der Waals surface area contributed by atoms with Gasteiger partial charge < -0.3 is 10.6 Å². The van der Waals surface area contributed by atoms with E-state index in [9.17, 15) is 4.79 Å². The maximum Gasteiger partial charge on any atom is 0.274 e. The van der Waals surface area contributed by atoms with Crippen molar-refractivity contribution in [1.82, 2.24) is 14.7 Å². The third kappa shape index (κ3) is 3.23. The fourth-order valence-electron chi connectivity index (χ4n) is 3.91. The number of nitrogens with zero attached hydrogens (tertiary/aromatic N) is 3. The van der Waals surface area contributed by atoms with Crippen molar-refractivity contribution in [2.45, 2.75) is 38.1 Å². The Kier molecular flexibility index (Phi) is 5.51. The number of nitrogens with two attached hydrogens (primary N) is 1. The number of amides is 1. The van der Waals surface area contributed by atoms with Crippen LogP contribution in [0.25, 0.3) is 5.69 Å². The third-order valence-electron chi connectivity index (χ3n) is 5.10. The van der Waals surface area contributed by atoms with Crippen LogP contribution < -0.4 is 5.73 Å². The minimum Gasteiger partial charge on any atom is -0.333 e. The highest BCUT2D eigenvalue weighted by atomic mass is 79.9. The van der Waals surface area contributed by atoms with Crippen LogP contribution in [0.15, 0.2) is 28.7 Å². The molecule has 1 saturated heterocycles. The molecule has 1 aliphatic heterocycles. The van der Waals surface area contributed by atoms with Crippen LogP contribution in [0, 0.1) is 0 Å². The van der Waals surface area contributed by atoms with Gasteiger partial charge in [0.1, 0.15) is 0 Å². The Morgan fingerprint density at radius 1 is 1.32 bits per heavy atom. The molecule has 1 aromatic carbocycles. The van der Waals surface area contributed by atoms with Crippen LogP contribution in [-0.4, -0.2) is 39.7 Å². The summed E-state index contributed by atoms with van der Waals surface area (Å²) in [6.07, 6.45) is 5.02. The van der Waals surface area contributed by atoms with Gasteiger partial charge in [-0.25, -0.2) is 4.68 Å². The molecule has 2 heterocycles. The maximum absolute atomic E-state index is 13.1. The molecular formula is C18H22BrClN4O. The molecule has 25 heavy (non-hydrogen) atoms. The predicted octanol–water partition coefficient (Wildman–Crippen LogP) is 3.11. The molecule has 1 aliphatic carbocycles. The van der Waals surface area contributed by atoms with Crippen LogP contribution in [0.3, 0.4) is 0 Å². The zero-order valence-electron chi connectivity index (χ0n) is 13.9. The normalized spacial score (nSPS) is 19.0. The van der Waals surface area contributed by atoms with E-state index < -0.39 is 0 Å². The molecule has 0 bridgehead atoms. The van der Waals surface area contributed by atoms with E-state index in [-0.39, 0.29) is 24.4 Å². The van der Waals surface area contributed by atoms with Crippen LogP contribution in [0.1, 0.15) is 41.0 Å². The van der Waals surface area contributed by atoms with Gasteiger partial charge in [-0.2, -0.15) is 5.10 Å². The largest absolute Gasteiger partial charge is 0.333 e. The van der Waals surface area contributed by atoms with Crippen molar-refractivity contribution in [1.29, 1.82) is 0 Å². The van der Waals surface area contributed by atoms with E-state index in [4.69, 9.17) is 10.8 Å². The molecule has 1 unspecified atom stereocenters. The Bertz CT molecular complexity index is 791. The van der Waals surface area contributed by atoms with Crippen LogP contribution >= 0.6 is 28.3 Å². The summed E-state index contributed by atoms with van der Waals surface area (Å²) in [6, 6.07) is 8.22. The molecule has 7 heteroatoms. The summed E-state index contributed by atoms with van der Waals surface area (Å²) >= 11 is 3.52. The molecule has 2 aromatic rings. The van der Waals surface area contributed by atoms with Crippen LogP contribution in [0.2, 0.25) is 0 Å². The quantitative estimate of drug-likeness (QED) is 0.822. The summed E-state index contributed by atoms with van der Waals surface area (Å²) in [4.78, 5) is 15.0. The van der Waals surface area contributed by atoms with E-state index in [1.807, 2.05) is 33.8 Å². The van der Waals surface area contributed by atoms with Gasteiger partial charge in [0.25, 0.3) is 5.91 Å². The highest BCUT2D eigenvalue weighted by Gasteiger charge is 2.34. The molecule has 2 aliphatic rings. The SMILES string of the molecule is Cl.NCC1CCCN1C(=O)c1nn(-c2cccc(Br)c2)c2c1CCC2. The molecule has 1 atom stereocenters. The van der Waals surface area contributed by atoms with Crippen molar-refractivity contribution in [3.63, 3.8) is 0 Å². The highest BCUT2D eigenvalue weighted by molar-refractivity contribution is 9.10. The maximum atomic E-state index is 13.1. The average Bonchev–Trinajstić information content (AvgIpc) is 3.29. The van der Waals surface area contributed by atoms with Crippen molar-refractivity contribution in [2.24, 2.45) is 5.73 Å². The molecule has 1 aromatic heterocycles. The molecule has 134 valence electrons. The number of rotatable bonds is 3. The van der Waals surface area contributed by atoms with E-state index in [1.54, 1.807) is 0 Å². The lowest BCUT2D eigenvalue weighted by molar-refractivity contribution is 0.0733. The first-order valence-corrected chi connectivity index (χ1v) is 9.36. The van der Waals surface area contributed by atoms with Gasteiger partial charge in [-0.05, 0) is 50.3 Å². The topological polar surface area (TPSA) is 64.2 Å². The first-order valence-electron chi connectivity index (χ1n) is 8.57. The van der Waals surface area contributed by atoms with Gasteiger partial charge >= 0.3 is 0 Å². The lowest BCUT2D eigenvalue weighted by Crippen LogP contribution is -2.40. The van der Waals surface area contributed by atoms with Gasteiger partial charge in [-0.15, -0.1) is 12.4 Å². The summed E-state index contributed by atoms with van der Waals surface area (Å²) in [5.41, 5.74) is 9.78. The summed E-state index contributed by atoms with van der Waals surface area (Å²) in [7, 11) is 0.